The van der Waals surface area contributed by atoms with Crippen molar-refractivity contribution < 1.29 is 31.4 Å². The number of carbonyl (C=O) groups excluding carboxylic acids is 1. The number of hydrogen-bond donors (Lipinski definition) is 1. The summed E-state index contributed by atoms with van der Waals surface area (Å²) in [5.41, 5.74) is 1.26. The maximum absolute atomic E-state index is 11.9. The third kappa shape index (κ3) is 3.33. The Hall–Kier alpha value is -0.870. The van der Waals surface area contributed by atoms with Gasteiger partial charge in [-0.3, -0.25) is 4.79 Å². The Balaban J connectivity index is 0.00000162. The number of ether oxygens (including phenoxy) is 1. The van der Waals surface area contributed by atoms with Gasteiger partial charge in [-0.2, -0.15) is 0 Å². The molecule has 2 unspecified atom stereocenters. The average Bonchev–Trinajstić information content (AvgIpc) is 2.38. The first-order valence-electron chi connectivity index (χ1n) is 6.16. The van der Waals surface area contributed by atoms with Crippen molar-refractivity contribution in [3.8, 4) is 0 Å². The Morgan fingerprint density at radius 3 is 2.61 bits per heavy atom. The number of quaternary nitrogens is 1. The summed E-state index contributed by atoms with van der Waals surface area (Å²) in [5.74, 6) is 0.237. The van der Waals surface area contributed by atoms with Crippen LogP contribution in [-0.2, 0) is 9.53 Å². The van der Waals surface area contributed by atoms with Gasteiger partial charge in [-0.25, -0.2) is 0 Å². The van der Waals surface area contributed by atoms with Gasteiger partial charge >= 0.3 is 5.97 Å². The first-order valence-corrected chi connectivity index (χ1v) is 6.16. The Kier molecular flexibility index (Phi) is 5.82. The highest BCUT2D eigenvalue weighted by Gasteiger charge is 2.37. The van der Waals surface area contributed by atoms with E-state index >= 15 is 0 Å². The lowest BCUT2D eigenvalue weighted by Crippen LogP contribution is -3.11. The number of likely N-dealkylation sites (tertiary alicyclic amines) is 1. The van der Waals surface area contributed by atoms with Crippen molar-refractivity contribution in [2.45, 2.75) is 12.3 Å². The van der Waals surface area contributed by atoms with Crippen LogP contribution < -0.4 is 21.9 Å². The molecule has 100 valence electrons. The van der Waals surface area contributed by atoms with Gasteiger partial charge in [-0.05, 0) is 5.56 Å². The van der Waals surface area contributed by atoms with Crippen LogP contribution >= 0.6 is 0 Å². The number of methoxy groups -OCH3 is 1. The van der Waals surface area contributed by atoms with Crippen molar-refractivity contribution in [3.63, 3.8) is 0 Å². The van der Waals surface area contributed by atoms with Gasteiger partial charge in [-0.15, -0.1) is 0 Å². The van der Waals surface area contributed by atoms with E-state index in [1.54, 1.807) is 0 Å². The van der Waals surface area contributed by atoms with Gasteiger partial charge in [0.2, 0.25) is 0 Å². The third-order valence-corrected chi connectivity index (χ3v) is 3.67. The van der Waals surface area contributed by atoms with Crippen molar-refractivity contribution >= 4 is 5.97 Å². The van der Waals surface area contributed by atoms with E-state index in [2.05, 4.69) is 19.2 Å². The standard InChI is InChI=1S/C14H19NO2.BrH/c1-15-9-8-12(11-6-4-3-5-7-11)13(10-15)14(16)17-2;/h3-7,12-13H,8-10H2,1-2H3;1H/t12?,13-;/m1./s1. The predicted molar refractivity (Wildman–Crippen MR) is 65.9 cm³/mol. The zero-order valence-corrected chi connectivity index (χ0v) is 12.4. The van der Waals surface area contributed by atoms with Gasteiger partial charge in [0.15, 0.2) is 0 Å². The topological polar surface area (TPSA) is 30.7 Å². The van der Waals surface area contributed by atoms with Crippen LogP contribution in [-0.4, -0.2) is 33.2 Å². The molecular formula is C14H20BrNO2. The largest absolute Gasteiger partial charge is 1.00 e. The molecule has 1 N–H and O–H groups in total. The first kappa shape index (κ1) is 15.2. The van der Waals surface area contributed by atoms with E-state index in [0.717, 1.165) is 19.5 Å². The van der Waals surface area contributed by atoms with Crippen LogP contribution in [0.1, 0.15) is 17.9 Å². The Bertz CT molecular complexity index is 383. The summed E-state index contributed by atoms with van der Waals surface area (Å²) < 4.78 is 4.94. The van der Waals surface area contributed by atoms with Crippen LogP contribution in [0.4, 0.5) is 0 Å². The highest BCUT2D eigenvalue weighted by molar-refractivity contribution is 5.73. The third-order valence-electron chi connectivity index (χ3n) is 3.67. The van der Waals surface area contributed by atoms with Crippen molar-refractivity contribution in [1.29, 1.82) is 0 Å². The molecule has 3 atom stereocenters. The summed E-state index contributed by atoms with van der Waals surface area (Å²) in [5, 5.41) is 0. The minimum Gasteiger partial charge on any atom is -1.00 e. The molecule has 0 aliphatic carbocycles. The summed E-state index contributed by atoms with van der Waals surface area (Å²) in [7, 11) is 3.62. The fourth-order valence-corrected chi connectivity index (χ4v) is 2.72. The number of esters is 1. The van der Waals surface area contributed by atoms with E-state index < -0.39 is 0 Å². The molecule has 1 aromatic rings. The molecule has 1 aromatic carbocycles. The molecule has 0 amide bonds. The Morgan fingerprint density at radius 1 is 1.33 bits per heavy atom. The second-order valence-electron chi connectivity index (χ2n) is 4.85. The molecule has 1 aliphatic rings. The molecule has 0 radical (unpaired) electrons. The first-order chi connectivity index (χ1) is 8.22. The quantitative estimate of drug-likeness (QED) is 0.611. The number of hydrogen-bond acceptors (Lipinski definition) is 2. The molecule has 0 aromatic heterocycles. The summed E-state index contributed by atoms with van der Waals surface area (Å²) in [6.07, 6.45) is 1.05. The van der Waals surface area contributed by atoms with E-state index in [9.17, 15) is 4.79 Å². The van der Waals surface area contributed by atoms with Gasteiger partial charge in [0.05, 0.1) is 27.2 Å². The van der Waals surface area contributed by atoms with Crippen LogP contribution in [0.3, 0.4) is 0 Å². The summed E-state index contributed by atoms with van der Waals surface area (Å²) in [4.78, 5) is 13.3. The van der Waals surface area contributed by atoms with E-state index in [1.807, 2.05) is 18.2 Å². The maximum Gasteiger partial charge on any atom is 0.315 e. The molecule has 0 spiro atoms. The zero-order valence-electron chi connectivity index (χ0n) is 10.9. The van der Waals surface area contributed by atoms with E-state index in [4.69, 9.17) is 4.74 Å². The van der Waals surface area contributed by atoms with Crippen LogP contribution in [0.25, 0.3) is 0 Å². The van der Waals surface area contributed by atoms with Crippen molar-refractivity contribution in [2.75, 3.05) is 27.2 Å². The van der Waals surface area contributed by atoms with Gasteiger partial charge in [0.1, 0.15) is 5.92 Å². The minimum absolute atomic E-state index is 0. The maximum atomic E-state index is 11.9. The predicted octanol–water partition coefficient (Wildman–Crippen LogP) is -2.52. The van der Waals surface area contributed by atoms with Gasteiger partial charge in [0.25, 0.3) is 0 Å². The summed E-state index contributed by atoms with van der Waals surface area (Å²) >= 11 is 0. The molecule has 2 rings (SSSR count). The lowest BCUT2D eigenvalue weighted by molar-refractivity contribution is -0.888. The van der Waals surface area contributed by atoms with E-state index in [0.29, 0.717) is 5.92 Å². The van der Waals surface area contributed by atoms with Crippen LogP contribution in [0.5, 0.6) is 0 Å². The van der Waals surface area contributed by atoms with Crippen LogP contribution in [0.15, 0.2) is 30.3 Å². The smallest absolute Gasteiger partial charge is 0.315 e. The number of carbonyl (C=O) groups is 1. The van der Waals surface area contributed by atoms with Crippen LogP contribution in [0, 0.1) is 5.92 Å². The highest BCUT2D eigenvalue weighted by Crippen LogP contribution is 2.29. The van der Waals surface area contributed by atoms with E-state index in [-0.39, 0.29) is 28.9 Å². The fraction of sp³-hybridized carbons (Fsp3) is 0.500. The molecule has 1 heterocycles. The molecule has 1 saturated heterocycles. The van der Waals surface area contributed by atoms with Gasteiger partial charge in [-0.1, -0.05) is 30.3 Å². The summed E-state index contributed by atoms with van der Waals surface area (Å²) in [6, 6.07) is 10.3. The number of benzene rings is 1. The van der Waals surface area contributed by atoms with Gasteiger partial charge in [0, 0.05) is 12.3 Å². The number of rotatable bonds is 2. The lowest BCUT2D eigenvalue weighted by Gasteiger charge is -2.32. The SMILES string of the molecule is COC(=O)[C@@H]1C[NH+](C)CCC1c1ccccc1.[Br-]. The monoisotopic (exact) mass is 313 g/mol. The van der Waals surface area contributed by atoms with Crippen molar-refractivity contribution in [1.82, 2.24) is 0 Å². The Labute approximate surface area is 119 Å². The normalized spacial score (nSPS) is 27.1. The molecule has 0 bridgehead atoms. The highest BCUT2D eigenvalue weighted by atomic mass is 79.9. The summed E-state index contributed by atoms with van der Waals surface area (Å²) in [6.45, 7) is 1.99. The minimum atomic E-state index is -0.0714. The van der Waals surface area contributed by atoms with Crippen molar-refractivity contribution in [2.24, 2.45) is 5.92 Å². The average molecular weight is 314 g/mol. The number of piperidine rings is 1. The fourth-order valence-electron chi connectivity index (χ4n) is 2.72. The Morgan fingerprint density at radius 2 is 2.00 bits per heavy atom. The number of halogens is 1. The molecule has 18 heavy (non-hydrogen) atoms. The van der Waals surface area contributed by atoms with Crippen LogP contribution in [0.2, 0.25) is 0 Å². The molecule has 4 heteroatoms. The van der Waals surface area contributed by atoms with Gasteiger partial charge < -0.3 is 26.6 Å². The molecule has 1 aliphatic heterocycles. The second kappa shape index (κ2) is 6.90. The zero-order chi connectivity index (χ0) is 12.3. The lowest BCUT2D eigenvalue weighted by atomic mass is 9.80. The molecule has 0 saturated carbocycles. The molecular weight excluding hydrogens is 294 g/mol. The van der Waals surface area contributed by atoms with Crippen molar-refractivity contribution in [3.05, 3.63) is 35.9 Å². The number of nitrogens with one attached hydrogen (secondary N) is 1. The van der Waals surface area contributed by atoms with E-state index in [1.165, 1.54) is 17.6 Å². The second-order valence-corrected chi connectivity index (χ2v) is 4.85. The molecule has 1 fully saturated rings. The molecule has 3 nitrogen and oxygen atoms in total.